The van der Waals surface area contributed by atoms with Crippen LogP contribution in [0, 0.1) is 0 Å². The van der Waals surface area contributed by atoms with E-state index in [-0.39, 0.29) is 17.9 Å². The van der Waals surface area contributed by atoms with Crippen LogP contribution < -0.4 is 5.32 Å². The van der Waals surface area contributed by atoms with Crippen LogP contribution in [-0.4, -0.2) is 45.5 Å². The Hall–Kier alpha value is -2.41. The molecule has 27 heavy (non-hydrogen) atoms. The maximum Gasteiger partial charge on any atom is 0.257 e. The van der Waals surface area contributed by atoms with E-state index in [1.807, 2.05) is 35.4 Å². The van der Waals surface area contributed by atoms with E-state index in [1.165, 1.54) is 11.8 Å². The molecule has 0 aliphatic carbocycles. The molecule has 7 heteroatoms. The molecule has 2 aliphatic rings. The number of fused-ring (bicyclic) bond motifs is 2. The third-order valence-corrected chi connectivity index (χ3v) is 6.21. The van der Waals surface area contributed by atoms with Gasteiger partial charge in [-0.15, -0.1) is 0 Å². The van der Waals surface area contributed by atoms with Crippen LogP contribution >= 0.6 is 11.8 Å². The molecule has 1 fully saturated rings. The molecule has 0 radical (unpaired) electrons. The van der Waals surface area contributed by atoms with Crippen molar-refractivity contribution in [3.8, 4) is 0 Å². The number of thioether (sulfide) groups is 1. The van der Waals surface area contributed by atoms with E-state index in [0.29, 0.717) is 23.7 Å². The van der Waals surface area contributed by atoms with Crippen molar-refractivity contribution in [2.24, 2.45) is 0 Å². The number of carbonyl (C=O) groups is 2. The van der Waals surface area contributed by atoms with Gasteiger partial charge in [-0.2, -0.15) is 0 Å². The molecule has 1 N–H and O–H groups in total. The fourth-order valence-electron chi connectivity index (χ4n) is 4.42. The second kappa shape index (κ2) is 6.96. The number of nitrogens with zero attached hydrogens (tertiary/aromatic N) is 3. The molecule has 1 spiro atoms. The number of hydrogen-bond acceptors (Lipinski definition) is 5. The third kappa shape index (κ3) is 2.72. The second-order valence-electron chi connectivity index (χ2n) is 6.98. The molecule has 1 aromatic heterocycles. The van der Waals surface area contributed by atoms with E-state index in [2.05, 4.69) is 22.2 Å². The summed E-state index contributed by atoms with van der Waals surface area (Å²) in [5.74, 6) is -0.0957. The SMILES string of the molecule is CCC[C@@H]1N(C(=O)c2cnc(SC)nc2)CC[C@@]12C(=O)Nc1ccccc12. The number of carbonyl (C=O) groups excluding carboxylic acids is 2. The highest BCUT2D eigenvalue weighted by Gasteiger charge is 2.58. The minimum Gasteiger partial charge on any atom is -0.334 e. The fourth-order valence-corrected chi connectivity index (χ4v) is 4.73. The van der Waals surface area contributed by atoms with Gasteiger partial charge in [0.15, 0.2) is 5.16 Å². The molecule has 0 saturated carbocycles. The van der Waals surface area contributed by atoms with Gasteiger partial charge in [-0.1, -0.05) is 43.3 Å². The van der Waals surface area contributed by atoms with E-state index in [1.54, 1.807) is 12.4 Å². The average Bonchev–Trinajstić information content (AvgIpc) is 3.21. The molecule has 2 aliphatic heterocycles. The number of anilines is 1. The van der Waals surface area contributed by atoms with Crippen LogP contribution in [0.1, 0.15) is 42.1 Å². The average molecular weight is 382 g/mol. The maximum absolute atomic E-state index is 13.2. The smallest absolute Gasteiger partial charge is 0.257 e. The van der Waals surface area contributed by atoms with Gasteiger partial charge in [-0.05, 0) is 30.7 Å². The molecule has 3 heterocycles. The summed E-state index contributed by atoms with van der Waals surface area (Å²) in [7, 11) is 0. The summed E-state index contributed by atoms with van der Waals surface area (Å²) in [6.07, 6.45) is 7.37. The molecular weight excluding hydrogens is 360 g/mol. The third-order valence-electron chi connectivity index (χ3n) is 5.63. The molecule has 140 valence electrons. The van der Waals surface area contributed by atoms with Gasteiger partial charge in [-0.25, -0.2) is 9.97 Å². The van der Waals surface area contributed by atoms with Crippen molar-refractivity contribution in [3.05, 3.63) is 47.8 Å². The Bertz CT molecular complexity index is 886. The van der Waals surface area contributed by atoms with Crippen molar-refractivity contribution in [3.63, 3.8) is 0 Å². The zero-order valence-corrected chi connectivity index (χ0v) is 16.3. The van der Waals surface area contributed by atoms with Gasteiger partial charge >= 0.3 is 0 Å². The molecule has 0 bridgehead atoms. The summed E-state index contributed by atoms with van der Waals surface area (Å²) in [5, 5.41) is 3.67. The number of aromatic nitrogens is 2. The zero-order chi connectivity index (χ0) is 19.0. The first-order valence-electron chi connectivity index (χ1n) is 9.19. The monoisotopic (exact) mass is 382 g/mol. The second-order valence-corrected chi connectivity index (χ2v) is 7.76. The van der Waals surface area contributed by atoms with Gasteiger partial charge in [0.05, 0.1) is 17.0 Å². The molecule has 2 atom stereocenters. The van der Waals surface area contributed by atoms with Gasteiger partial charge < -0.3 is 10.2 Å². The van der Waals surface area contributed by atoms with Crippen LogP contribution in [0.3, 0.4) is 0 Å². The Kier molecular flexibility index (Phi) is 4.63. The minimum absolute atomic E-state index is 0.00595. The normalized spacial score (nSPS) is 23.6. The molecular formula is C20H22N4O2S. The quantitative estimate of drug-likeness (QED) is 0.650. The van der Waals surface area contributed by atoms with Crippen molar-refractivity contribution in [2.75, 3.05) is 18.1 Å². The Balaban J connectivity index is 1.71. The topological polar surface area (TPSA) is 75.2 Å². The molecule has 4 rings (SSSR count). The highest BCUT2D eigenvalue weighted by molar-refractivity contribution is 7.98. The van der Waals surface area contributed by atoms with Gasteiger partial charge in [0.2, 0.25) is 5.91 Å². The summed E-state index contributed by atoms with van der Waals surface area (Å²) in [6.45, 7) is 2.64. The zero-order valence-electron chi connectivity index (χ0n) is 15.4. The first-order chi connectivity index (χ1) is 13.1. The van der Waals surface area contributed by atoms with E-state index < -0.39 is 5.41 Å². The Labute approximate surface area is 162 Å². The van der Waals surface area contributed by atoms with Crippen molar-refractivity contribution in [2.45, 2.75) is 42.8 Å². The van der Waals surface area contributed by atoms with Crippen molar-refractivity contribution >= 4 is 29.3 Å². The van der Waals surface area contributed by atoms with Crippen LogP contribution in [-0.2, 0) is 10.2 Å². The molecule has 1 saturated heterocycles. The van der Waals surface area contributed by atoms with Crippen molar-refractivity contribution < 1.29 is 9.59 Å². The largest absolute Gasteiger partial charge is 0.334 e. The minimum atomic E-state index is -0.664. The summed E-state index contributed by atoms with van der Waals surface area (Å²) >= 11 is 1.44. The van der Waals surface area contributed by atoms with Crippen LogP contribution in [0.15, 0.2) is 41.8 Å². The van der Waals surface area contributed by atoms with Crippen LogP contribution in [0.25, 0.3) is 0 Å². The van der Waals surface area contributed by atoms with Crippen LogP contribution in [0.5, 0.6) is 0 Å². The first kappa shape index (κ1) is 18.0. The van der Waals surface area contributed by atoms with Gasteiger partial charge in [0, 0.05) is 24.6 Å². The van der Waals surface area contributed by atoms with E-state index in [0.717, 1.165) is 24.1 Å². The van der Waals surface area contributed by atoms with E-state index in [9.17, 15) is 9.59 Å². The Morgan fingerprint density at radius 1 is 1.33 bits per heavy atom. The number of para-hydroxylation sites is 1. The number of nitrogens with one attached hydrogen (secondary N) is 1. The fraction of sp³-hybridized carbons (Fsp3) is 0.400. The number of likely N-dealkylation sites (tertiary alicyclic amines) is 1. The van der Waals surface area contributed by atoms with Gasteiger partial charge in [-0.3, -0.25) is 9.59 Å². The number of hydrogen-bond donors (Lipinski definition) is 1. The van der Waals surface area contributed by atoms with E-state index >= 15 is 0 Å². The lowest BCUT2D eigenvalue weighted by Gasteiger charge is -2.34. The lowest BCUT2D eigenvalue weighted by molar-refractivity contribution is -0.121. The summed E-state index contributed by atoms with van der Waals surface area (Å²) in [4.78, 5) is 36.6. The Morgan fingerprint density at radius 2 is 2.07 bits per heavy atom. The summed E-state index contributed by atoms with van der Waals surface area (Å²) < 4.78 is 0. The number of benzene rings is 1. The van der Waals surface area contributed by atoms with Crippen molar-refractivity contribution in [1.82, 2.24) is 14.9 Å². The van der Waals surface area contributed by atoms with Crippen molar-refractivity contribution in [1.29, 1.82) is 0 Å². The molecule has 6 nitrogen and oxygen atoms in total. The maximum atomic E-state index is 13.2. The summed E-state index contributed by atoms with van der Waals surface area (Å²) in [6, 6.07) is 7.67. The standard InChI is InChI=1S/C20H22N4O2S/c1-3-6-16-20(14-7-4-5-8-15(14)23-18(20)26)9-10-24(16)17(25)13-11-21-19(27-2)22-12-13/h4-5,7-8,11-12,16H,3,6,9-10H2,1-2H3,(H,23,26)/t16-,20-/m0/s1. The van der Waals surface area contributed by atoms with Gasteiger partial charge in [0.1, 0.15) is 0 Å². The van der Waals surface area contributed by atoms with Crippen LogP contribution in [0.4, 0.5) is 5.69 Å². The summed E-state index contributed by atoms with van der Waals surface area (Å²) in [5.41, 5.74) is 1.68. The molecule has 0 unspecified atom stereocenters. The molecule has 2 amide bonds. The van der Waals surface area contributed by atoms with Gasteiger partial charge in [0.25, 0.3) is 5.91 Å². The highest BCUT2D eigenvalue weighted by atomic mass is 32.2. The lowest BCUT2D eigenvalue weighted by atomic mass is 9.73. The first-order valence-corrected chi connectivity index (χ1v) is 10.4. The lowest BCUT2D eigenvalue weighted by Crippen LogP contribution is -2.48. The Morgan fingerprint density at radius 3 is 2.78 bits per heavy atom. The highest BCUT2D eigenvalue weighted by Crippen LogP contribution is 2.49. The predicted molar refractivity (Wildman–Crippen MR) is 105 cm³/mol. The van der Waals surface area contributed by atoms with Crippen LogP contribution in [0.2, 0.25) is 0 Å². The predicted octanol–water partition coefficient (Wildman–Crippen LogP) is 3.10. The number of rotatable bonds is 4. The number of amides is 2. The van der Waals surface area contributed by atoms with E-state index in [4.69, 9.17) is 0 Å². The molecule has 2 aromatic rings. The molecule has 1 aromatic carbocycles.